The molecule has 0 saturated carbocycles. The molecule has 0 radical (unpaired) electrons. The number of fused-ring (bicyclic) bond motifs is 1. The van der Waals surface area contributed by atoms with Gasteiger partial charge in [0, 0.05) is 49.3 Å². The summed E-state index contributed by atoms with van der Waals surface area (Å²) in [5, 5.41) is 5.89. The second-order valence-electron chi connectivity index (χ2n) is 9.12. The van der Waals surface area contributed by atoms with E-state index in [1.54, 1.807) is 24.3 Å². The number of hydrogen-bond acceptors (Lipinski definition) is 9. The van der Waals surface area contributed by atoms with E-state index in [0.717, 1.165) is 17.8 Å². The van der Waals surface area contributed by atoms with Gasteiger partial charge in [-0.05, 0) is 48.9 Å². The number of hydrogen-bond donors (Lipinski definition) is 3. The molecule has 0 spiro atoms. The number of carbonyl (C=O) groups excluding carboxylic acids is 1. The first-order valence-corrected chi connectivity index (χ1v) is 14.0. The van der Waals surface area contributed by atoms with Gasteiger partial charge in [-0.1, -0.05) is 12.6 Å². The molecular weight excluding hydrogens is 520 g/mol. The quantitative estimate of drug-likeness (QED) is 0.268. The Balaban J connectivity index is 1.31. The summed E-state index contributed by atoms with van der Waals surface area (Å²) in [4.78, 5) is 30.0. The van der Waals surface area contributed by atoms with Crippen molar-refractivity contribution in [3.8, 4) is 11.6 Å². The highest BCUT2D eigenvalue weighted by Gasteiger charge is 2.31. The molecule has 5 rings (SSSR count). The smallest absolute Gasteiger partial charge is 0.250 e. The Labute approximate surface area is 225 Å². The van der Waals surface area contributed by atoms with Gasteiger partial charge in [0.2, 0.25) is 21.9 Å². The van der Waals surface area contributed by atoms with Crippen LogP contribution in [0.25, 0.3) is 11.2 Å². The molecule has 0 aliphatic carbocycles. The fraction of sp³-hybridized carbons (Fsp3) is 0.231. The van der Waals surface area contributed by atoms with Gasteiger partial charge >= 0.3 is 0 Å². The number of imidazole rings is 1. The minimum atomic E-state index is -3.19. The van der Waals surface area contributed by atoms with Gasteiger partial charge in [-0.25, -0.2) is 17.7 Å². The van der Waals surface area contributed by atoms with Crippen LogP contribution in [0.2, 0.25) is 0 Å². The topological polar surface area (TPSA) is 145 Å². The molecule has 2 aromatic carbocycles. The number of nitrogens with one attached hydrogen (secondary N) is 3. The third-order valence-corrected chi connectivity index (χ3v) is 7.70. The van der Waals surface area contributed by atoms with Crippen LogP contribution in [-0.2, 0) is 14.8 Å². The van der Waals surface area contributed by atoms with E-state index in [9.17, 15) is 13.2 Å². The standard InChI is InChI=1S/C26H28N8O4S/c1-4-22(35)29-18-6-5-7-21(14-18)38-25-23-24(28-16-27-23)31-26(32-25)30-17-8-10-19(11-9-17)33(2)20-12-13-34(15-20)39(3,36)37/h4-11,14,16,20H,1,12-13,15H2,2-3H3,(H,29,35)(H2,27,28,30,31,32). The Morgan fingerprint density at radius 2 is 2.00 bits per heavy atom. The number of benzene rings is 2. The van der Waals surface area contributed by atoms with Gasteiger partial charge in [0.25, 0.3) is 5.88 Å². The maximum absolute atomic E-state index is 11.9. The van der Waals surface area contributed by atoms with Crippen molar-refractivity contribution in [1.82, 2.24) is 24.2 Å². The van der Waals surface area contributed by atoms with Gasteiger partial charge in [-0.3, -0.25) is 4.79 Å². The fourth-order valence-electron chi connectivity index (χ4n) is 4.33. The van der Waals surface area contributed by atoms with Crippen LogP contribution in [0, 0.1) is 0 Å². The van der Waals surface area contributed by atoms with Gasteiger partial charge < -0.3 is 25.3 Å². The van der Waals surface area contributed by atoms with E-state index in [0.29, 0.717) is 41.6 Å². The van der Waals surface area contributed by atoms with E-state index in [1.165, 1.54) is 23.0 Å². The molecule has 0 bridgehead atoms. The van der Waals surface area contributed by atoms with Crippen LogP contribution in [0.15, 0.2) is 67.5 Å². The lowest BCUT2D eigenvalue weighted by Gasteiger charge is -2.27. The molecule has 39 heavy (non-hydrogen) atoms. The highest BCUT2D eigenvalue weighted by Crippen LogP contribution is 2.30. The fourth-order valence-corrected chi connectivity index (χ4v) is 5.21. The summed E-state index contributed by atoms with van der Waals surface area (Å²) in [5.41, 5.74) is 3.23. The number of H-pyrrole nitrogens is 1. The largest absolute Gasteiger partial charge is 0.437 e. The minimum absolute atomic E-state index is 0.104. The van der Waals surface area contributed by atoms with Crippen LogP contribution in [0.5, 0.6) is 11.6 Å². The monoisotopic (exact) mass is 548 g/mol. The van der Waals surface area contributed by atoms with Crippen LogP contribution in [0.1, 0.15) is 6.42 Å². The zero-order valence-electron chi connectivity index (χ0n) is 21.5. The maximum atomic E-state index is 11.9. The van der Waals surface area contributed by atoms with Crippen molar-refractivity contribution in [3.05, 3.63) is 67.5 Å². The molecule has 202 valence electrons. The molecule has 3 N–H and O–H groups in total. The van der Waals surface area contributed by atoms with Crippen molar-refractivity contribution < 1.29 is 17.9 Å². The lowest BCUT2D eigenvalue weighted by Crippen LogP contribution is -2.36. The molecule has 1 aliphatic rings. The van der Waals surface area contributed by atoms with E-state index in [-0.39, 0.29) is 17.8 Å². The van der Waals surface area contributed by atoms with Crippen molar-refractivity contribution in [2.45, 2.75) is 12.5 Å². The number of anilines is 4. The number of nitrogens with zero attached hydrogens (tertiary/aromatic N) is 5. The number of ether oxygens (including phenoxy) is 1. The molecule has 3 heterocycles. The Bertz CT molecular complexity index is 1620. The van der Waals surface area contributed by atoms with Crippen molar-refractivity contribution in [3.63, 3.8) is 0 Å². The average Bonchev–Trinajstić information content (AvgIpc) is 3.59. The summed E-state index contributed by atoms with van der Waals surface area (Å²) in [6.07, 6.45) is 4.72. The number of amides is 1. The zero-order valence-corrected chi connectivity index (χ0v) is 22.3. The predicted molar refractivity (Wildman–Crippen MR) is 150 cm³/mol. The summed E-state index contributed by atoms with van der Waals surface area (Å²) >= 11 is 0. The van der Waals surface area contributed by atoms with E-state index >= 15 is 0 Å². The number of carbonyl (C=O) groups is 1. The lowest BCUT2D eigenvalue weighted by molar-refractivity contribution is -0.111. The summed E-state index contributed by atoms with van der Waals surface area (Å²) in [6.45, 7) is 4.46. The second-order valence-corrected chi connectivity index (χ2v) is 11.1. The summed E-state index contributed by atoms with van der Waals surface area (Å²) < 4.78 is 31.3. The molecule has 2 aromatic heterocycles. The maximum Gasteiger partial charge on any atom is 0.250 e. The van der Waals surface area contributed by atoms with Gasteiger partial charge in [-0.15, -0.1) is 0 Å². The highest BCUT2D eigenvalue weighted by atomic mass is 32.2. The molecule has 1 saturated heterocycles. The summed E-state index contributed by atoms with van der Waals surface area (Å²) in [5.74, 6) is 0.695. The summed E-state index contributed by atoms with van der Waals surface area (Å²) in [6, 6.07) is 14.7. The van der Waals surface area contributed by atoms with E-state index in [2.05, 4.69) is 42.0 Å². The minimum Gasteiger partial charge on any atom is -0.437 e. The highest BCUT2D eigenvalue weighted by molar-refractivity contribution is 7.88. The SMILES string of the molecule is C=CC(=O)Nc1cccc(Oc2nc(Nc3ccc(N(C)C4CCN(S(C)(=O)=O)C4)cc3)nc3nc[nH]c23)c1. The van der Waals surface area contributed by atoms with Crippen LogP contribution in [-0.4, -0.2) is 71.0 Å². The molecule has 12 nitrogen and oxygen atoms in total. The number of sulfonamides is 1. The van der Waals surface area contributed by atoms with Crippen molar-refractivity contribution >= 4 is 50.1 Å². The third kappa shape index (κ3) is 5.99. The average molecular weight is 549 g/mol. The van der Waals surface area contributed by atoms with E-state index < -0.39 is 10.0 Å². The third-order valence-electron chi connectivity index (χ3n) is 6.43. The van der Waals surface area contributed by atoms with Crippen molar-refractivity contribution in [2.75, 3.05) is 41.9 Å². The Kier molecular flexibility index (Phi) is 7.17. The van der Waals surface area contributed by atoms with Gasteiger partial charge in [-0.2, -0.15) is 9.97 Å². The van der Waals surface area contributed by atoms with E-state index in [1.807, 2.05) is 31.3 Å². The van der Waals surface area contributed by atoms with Crippen LogP contribution < -0.4 is 20.3 Å². The lowest BCUT2D eigenvalue weighted by atomic mass is 10.2. The molecule has 13 heteroatoms. The molecular formula is C26H28N8O4S. The number of aromatic amines is 1. The normalized spacial score (nSPS) is 15.7. The molecule has 1 unspecified atom stereocenters. The van der Waals surface area contributed by atoms with Crippen LogP contribution in [0.3, 0.4) is 0 Å². The number of rotatable bonds is 9. The van der Waals surface area contributed by atoms with Crippen molar-refractivity contribution in [1.29, 1.82) is 0 Å². The number of likely N-dealkylation sites (N-methyl/N-ethyl adjacent to an activating group) is 1. The summed E-state index contributed by atoms with van der Waals surface area (Å²) in [7, 11) is -1.22. The number of aromatic nitrogens is 4. The first kappa shape index (κ1) is 26.1. The first-order chi connectivity index (χ1) is 18.7. The second kappa shape index (κ2) is 10.7. The molecule has 1 amide bonds. The predicted octanol–water partition coefficient (Wildman–Crippen LogP) is 3.48. The van der Waals surface area contributed by atoms with E-state index in [4.69, 9.17) is 4.74 Å². The van der Waals surface area contributed by atoms with Crippen LogP contribution in [0.4, 0.5) is 23.0 Å². The Morgan fingerprint density at radius 3 is 2.72 bits per heavy atom. The Morgan fingerprint density at radius 1 is 1.21 bits per heavy atom. The van der Waals surface area contributed by atoms with Gasteiger partial charge in [0.1, 0.15) is 11.3 Å². The molecule has 1 atom stereocenters. The van der Waals surface area contributed by atoms with Crippen molar-refractivity contribution in [2.24, 2.45) is 0 Å². The van der Waals surface area contributed by atoms with Gasteiger partial charge in [0.15, 0.2) is 5.65 Å². The van der Waals surface area contributed by atoms with Gasteiger partial charge in [0.05, 0.1) is 12.6 Å². The molecule has 1 fully saturated rings. The van der Waals surface area contributed by atoms with Crippen LogP contribution >= 0.6 is 0 Å². The Hall–Kier alpha value is -4.49. The first-order valence-electron chi connectivity index (χ1n) is 12.2. The zero-order chi connectivity index (χ0) is 27.6. The molecule has 4 aromatic rings. The molecule has 1 aliphatic heterocycles.